The molecule has 1 aliphatic heterocycles. The Hall–Kier alpha value is -2.99. The molecule has 0 aliphatic carbocycles. The molecule has 1 amide bonds. The maximum absolute atomic E-state index is 12.9. The van der Waals surface area contributed by atoms with Crippen molar-refractivity contribution >= 4 is 16.9 Å². The molecule has 6 nitrogen and oxygen atoms in total. The minimum Gasteiger partial charge on any atom is -0.346 e. The first-order valence-corrected chi connectivity index (χ1v) is 9.72. The molecule has 1 N–H and O–H groups in total. The van der Waals surface area contributed by atoms with E-state index in [4.69, 9.17) is 0 Å². The van der Waals surface area contributed by atoms with Gasteiger partial charge in [-0.25, -0.2) is 4.98 Å². The first kappa shape index (κ1) is 18.4. The summed E-state index contributed by atoms with van der Waals surface area (Å²) in [6.45, 7) is 2.88. The van der Waals surface area contributed by atoms with Crippen LogP contribution in [-0.2, 0) is 11.3 Å². The summed E-state index contributed by atoms with van der Waals surface area (Å²) in [5.41, 5.74) is 2.17. The van der Waals surface area contributed by atoms with Crippen LogP contribution in [0.3, 0.4) is 0 Å². The SMILES string of the molecule is O=C(Cn1c(=O)cnc2ccccc21)NC(CN1CCCC1)c1ccccc1. The Morgan fingerprint density at radius 3 is 2.54 bits per heavy atom. The molecule has 0 bridgehead atoms. The number of nitrogens with one attached hydrogen (secondary N) is 1. The van der Waals surface area contributed by atoms with Crippen molar-refractivity contribution in [3.8, 4) is 0 Å². The number of nitrogens with zero attached hydrogens (tertiary/aromatic N) is 3. The summed E-state index contributed by atoms with van der Waals surface area (Å²) >= 11 is 0. The van der Waals surface area contributed by atoms with Crippen LogP contribution in [0.1, 0.15) is 24.4 Å². The van der Waals surface area contributed by atoms with Gasteiger partial charge in [0.2, 0.25) is 5.91 Å². The van der Waals surface area contributed by atoms with E-state index in [0.717, 1.165) is 25.2 Å². The average Bonchev–Trinajstić information content (AvgIpc) is 3.23. The second-order valence-corrected chi connectivity index (χ2v) is 7.21. The van der Waals surface area contributed by atoms with E-state index in [1.54, 1.807) is 0 Å². The smallest absolute Gasteiger partial charge is 0.269 e. The van der Waals surface area contributed by atoms with Crippen molar-refractivity contribution in [3.05, 3.63) is 76.7 Å². The molecule has 0 spiro atoms. The maximum Gasteiger partial charge on any atom is 0.269 e. The first-order chi connectivity index (χ1) is 13.7. The van der Waals surface area contributed by atoms with Gasteiger partial charge in [0.05, 0.1) is 23.3 Å². The molecule has 1 aromatic heterocycles. The quantitative estimate of drug-likeness (QED) is 0.717. The average molecular weight is 376 g/mol. The van der Waals surface area contributed by atoms with E-state index in [9.17, 15) is 9.59 Å². The number of benzene rings is 2. The molecule has 0 radical (unpaired) electrons. The molecular weight excluding hydrogens is 352 g/mol. The number of aromatic nitrogens is 2. The van der Waals surface area contributed by atoms with E-state index in [1.807, 2.05) is 54.6 Å². The fourth-order valence-electron chi connectivity index (χ4n) is 3.80. The van der Waals surface area contributed by atoms with Crippen LogP contribution in [0.5, 0.6) is 0 Å². The highest BCUT2D eigenvalue weighted by Crippen LogP contribution is 2.18. The largest absolute Gasteiger partial charge is 0.346 e. The molecule has 3 aromatic rings. The third kappa shape index (κ3) is 4.12. The molecule has 1 fully saturated rings. The molecule has 0 saturated carbocycles. The van der Waals surface area contributed by atoms with Gasteiger partial charge in [-0.1, -0.05) is 42.5 Å². The van der Waals surface area contributed by atoms with E-state index in [-0.39, 0.29) is 24.1 Å². The van der Waals surface area contributed by atoms with Crippen LogP contribution in [0.4, 0.5) is 0 Å². The molecule has 6 heteroatoms. The number of rotatable bonds is 6. The zero-order valence-electron chi connectivity index (χ0n) is 15.8. The third-order valence-corrected chi connectivity index (χ3v) is 5.23. The molecule has 1 aliphatic rings. The summed E-state index contributed by atoms with van der Waals surface area (Å²) in [6, 6.07) is 17.3. The number of amides is 1. The summed E-state index contributed by atoms with van der Waals surface area (Å²) in [7, 11) is 0. The van der Waals surface area contributed by atoms with Crippen molar-refractivity contribution < 1.29 is 4.79 Å². The lowest BCUT2D eigenvalue weighted by molar-refractivity contribution is -0.122. The number of carbonyl (C=O) groups excluding carboxylic acids is 1. The third-order valence-electron chi connectivity index (χ3n) is 5.23. The molecule has 4 rings (SSSR count). The highest BCUT2D eigenvalue weighted by atomic mass is 16.2. The van der Waals surface area contributed by atoms with Crippen LogP contribution < -0.4 is 10.9 Å². The number of hydrogen-bond acceptors (Lipinski definition) is 4. The van der Waals surface area contributed by atoms with Gasteiger partial charge in [-0.3, -0.25) is 14.2 Å². The lowest BCUT2D eigenvalue weighted by Gasteiger charge is -2.25. The summed E-state index contributed by atoms with van der Waals surface area (Å²) in [6.07, 6.45) is 3.68. The van der Waals surface area contributed by atoms with Gasteiger partial charge >= 0.3 is 0 Å². The summed E-state index contributed by atoms with van der Waals surface area (Å²) in [4.78, 5) is 31.7. The van der Waals surface area contributed by atoms with Gasteiger partial charge in [0, 0.05) is 6.54 Å². The molecule has 28 heavy (non-hydrogen) atoms. The highest BCUT2D eigenvalue weighted by molar-refractivity contribution is 5.80. The predicted octanol–water partition coefficient (Wildman–Crippen LogP) is 2.35. The second-order valence-electron chi connectivity index (χ2n) is 7.21. The van der Waals surface area contributed by atoms with Crippen LogP contribution >= 0.6 is 0 Å². The van der Waals surface area contributed by atoms with Gasteiger partial charge in [-0.2, -0.15) is 0 Å². The molecule has 2 aromatic carbocycles. The molecule has 2 heterocycles. The van der Waals surface area contributed by atoms with Crippen molar-refractivity contribution in [2.24, 2.45) is 0 Å². The Morgan fingerprint density at radius 1 is 1.04 bits per heavy atom. The highest BCUT2D eigenvalue weighted by Gasteiger charge is 2.21. The van der Waals surface area contributed by atoms with Gasteiger partial charge in [-0.15, -0.1) is 0 Å². The van der Waals surface area contributed by atoms with E-state index in [1.165, 1.54) is 23.6 Å². The topological polar surface area (TPSA) is 67.2 Å². The minimum atomic E-state index is -0.273. The zero-order valence-corrected chi connectivity index (χ0v) is 15.8. The Labute approximate surface area is 163 Å². The molecular formula is C22H24N4O2. The Morgan fingerprint density at radius 2 is 1.75 bits per heavy atom. The fourth-order valence-corrected chi connectivity index (χ4v) is 3.80. The number of fused-ring (bicyclic) bond motifs is 1. The number of para-hydroxylation sites is 2. The van der Waals surface area contributed by atoms with Crippen molar-refractivity contribution in [1.82, 2.24) is 19.8 Å². The summed E-state index contributed by atoms with van der Waals surface area (Å²) < 4.78 is 1.48. The zero-order chi connectivity index (χ0) is 19.3. The minimum absolute atomic E-state index is 0.0226. The van der Waals surface area contributed by atoms with Gasteiger partial charge in [0.1, 0.15) is 6.54 Å². The van der Waals surface area contributed by atoms with Gasteiger partial charge in [0.25, 0.3) is 5.56 Å². The standard InChI is InChI=1S/C22H24N4O2/c27-21(16-26-20-11-5-4-10-18(20)23-14-22(26)28)24-19(15-25-12-6-7-13-25)17-8-2-1-3-9-17/h1-5,8-11,14,19H,6-7,12-13,15-16H2,(H,24,27). The molecule has 1 unspecified atom stereocenters. The Kier molecular flexibility index (Phi) is 5.48. The van der Waals surface area contributed by atoms with Gasteiger partial charge < -0.3 is 10.2 Å². The van der Waals surface area contributed by atoms with Crippen LogP contribution in [0.15, 0.2) is 65.6 Å². The van der Waals surface area contributed by atoms with Crippen molar-refractivity contribution in [3.63, 3.8) is 0 Å². The van der Waals surface area contributed by atoms with E-state index < -0.39 is 0 Å². The normalized spacial score (nSPS) is 15.6. The molecule has 1 saturated heterocycles. The molecule has 1 atom stereocenters. The number of hydrogen-bond donors (Lipinski definition) is 1. The number of carbonyl (C=O) groups is 1. The summed E-state index contributed by atoms with van der Waals surface area (Å²) in [5, 5.41) is 3.14. The predicted molar refractivity (Wildman–Crippen MR) is 109 cm³/mol. The van der Waals surface area contributed by atoms with E-state index in [2.05, 4.69) is 15.2 Å². The first-order valence-electron chi connectivity index (χ1n) is 9.72. The van der Waals surface area contributed by atoms with Crippen molar-refractivity contribution in [1.29, 1.82) is 0 Å². The fraction of sp³-hybridized carbons (Fsp3) is 0.318. The monoisotopic (exact) mass is 376 g/mol. The Balaban J connectivity index is 1.55. The van der Waals surface area contributed by atoms with Gasteiger partial charge in [0.15, 0.2) is 0 Å². The van der Waals surface area contributed by atoms with E-state index >= 15 is 0 Å². The second kappa shape index (κ2) is 8.35. The maximum atomic E-state index is 12.9. The van der Waals surface area contributed by atoms with Crippen molar-refractivity contribution in [2.45, 2.75) is 25.4 Å². The van der Waals surface area contributed by atoms with Crippen LogP contribution in [0.25, 0.3) is 11.0 Å². The van der Waals surface area contributed by atoms with Crippen LogP contribution in [0, 0.1) is 0 Å². The summed E-state index contributed by atoms with van der Waals surface area (Å²) in [5.74, 6) is -0.175. The number of likely N-dealkylation sites (tertiary alicyclic amines) is 1. The van der Waals surface area contributed by atoms with Crippen molar-refractivity contribution in [2.75, 3.05) is 19.6 Å². The lowest BCUT2D eigenvalue weighted by Crippen LogP contribution is -2.39. The van der Waals surface area contributed by atoms with Crippen LogP contribution in [-0.4, -0.2) is 40.0 Å². The lowest BCUT2D eigenvalue weighted by atomic mass is 10.1. The molecule has 144 valence electrons. The Bertz CT molecular complexity index is 1010. The van der Waals surface area contributed by atoms with Gasteiger partial charge in [-0.05, 0) is 43.6 Å². The van der Waals surface area contributed by atoms with E-state index in [0.29, 0.717) is 11.0 Å². The van der Waals surface area contributed by atoms with Crippen LogP contribution in [0.2, 0.25) is 0 Å².